The molecular formula is C11H16N2O2. The van der Waals surface area contributed by atoms with Gasteiger partial charge in [-0.25, -0.2) is 0 Å². The topological polar surface area (TPSA) is 43.4 Å². The average Bonchev–Trinajstić information content (AvgIpc) is 2.25. The summed E-state index contributed by atoms with van der Waals surface area (Å²) in [7, 11) is 1.47. The fraction of sp³-hybridized carbons (Fsp3) is 0.364. The van der Waals surface area contributed by atoms with Gasteiger partial charge in [0.2, 0.25) is 0 Å². The normalized spacial score (nSPS) is 11.6. The Balaban J connectivity index is 2.78. The monoisotopic (exact) mass is 208 g/mol. The van der Waals surface area contributed by atoms with E-state index in [1.54, 1.807) is 18.6 Å². The Labute approximate surface area is 89.9 Å². The van der Waals surface area contributed by atoms with Crippen molar-refractivity contribution in [2.24, 2.45) is 0 Å². The van der Waals surface area contributed by atoms with Crippen molar-refractivity contribution in [3.63, 3.8) is 0 Å². The molecule has 1 aromatic heterocycles. The first kappa shape index (κ1) is 11.5. The van der Waals surface area contributed by atoms with Gasteiger partial charge in [-0.15, -0.1) is 0 Å². The fourth-order valence-corrected chi connectivity index (χ4v) is 0.996. The number of rotatable bonds is 5. The minimum Gasteiger partial charge on any atom is -0.386 e. The standard InChI is InChI=1S/C11H16N2O2/c1-9(2)13-8-11(15-14-3)10-5-4-6-12-7-10/h4-9,13H,1-3H3/b11-8+. The molecule has 0 spiro atoms. The summed E-state index contributed by atoms with van der Waals surface area (Å²) in [6.45, 7) is 4.09. The lowest BCUT2D eigenvalue weighted by Gasteiger charge is -2.09. The van der Waals surface area contributed by atoms with E-state index < -0.39 is 0 Å². The van der Waals surface area contributed by atoms with Crippen LogP contribution in [-0.2, 0) is 9.78 Å². The smallest absolute Gasteiger partial charge is 0.189 e. The third kappa shape index (κ3) is 3.99. The molecule has 4 nitrogen and oxygen atoms in total. The predicted molar refractivity (Wildman–Crippen MR) is 58.6 cm³/mol. The van der Waals surface area contributed by atoms with Crippen molar-refractivity contribution in [3.8, 4) is 0 Å². The summed E-state index contributed by atoms with van der Waals surface area (Å²) >= 11 is 0. The van der Waals surface area contributed by atoms with E-state index in [9.17, 15) is 0 Å². The number of aromatic nitrogens is 1. The fourth-order valence-electron chi connectivity index (χ4n) is 0.996. The molecule has 0 bridgehead atoms. The molecule has 1 heterocycles. The van der Waals surface area contributed by atoms with Crippen LogP contribution >= 0.6 is 0 Å². The maximum atomic E-state index is 5.04. The number of nitrogens with one attached hydrogen (secondary N) is 1. The number of pyridine rings is 1. The van der Waals surface area contributed by atoms with Gasteiger partial charge >= 0.3 is 0 Å². The van der Waals surface area contributed by atoms with Crippen molar-refractivity contribution in [2.45, 2.75) is 19.9 Å². The second-order valence-corrected chi connectivity index (χ2v) is 3.32. The summed E-state index contributed by atoms with van der Waals surface area (Å²) in [5.41, 5.74) is 0.868. The third-order valence-electron chi connectivity index (χ3n) is 1.67. The van der Waals surface area contributed by atoms with Gasteiger partial charge in [0.15, 0.2) is 5.76 Å². The molecule has 1 N–H and O–H groups in total. The van der Waals surface area contributed by atoms with E-state index in [0.29, 0.717) is 11.8 Å². The predicted octanol–water partition coefficient (Wildman–Crippen LogP) is 1.96. The molecule has 0 aromatic carbocycles. The van der Waals surface area contributed by atoms with Crippen molar-refractivity contribution in [1.29, 1.82) is 0 Å². The van der Waals surface area contributed by atoms with Crippen molar-refractivity contribution in [3.05, 3.63) is 36.3 Å². The first-order valence-corrected chi connectivity index (χ1v) is 4.81. The second kappa shape index (κ2) is 6.03. The highest BCUT2D eigenvalue weighted by molar-refractivity contribution is 5.57. The Hall–Kier alpha value is -1.55. The summed E-state index contributed by atoms with van der Waals surface area (Å²) in [5.74, 6) is 0.610. The summed E-state index contributed by atoms with van der Waals surface area (Å²) in [5, 5.41) is 3.13. The van der Waals surface area contributed by atoms with Crippen LogP contribution in [-0.4, -0.2) is 18.1 Å². The van der Waals surface area contributed by atoms with Crippen LogP contribution in [0.3, 0.4) is 0 Å². The second-order valence-electron chi connectivity index (χ2n) is 3.32. The molecule has 4 heteroatoms. The zero-order valence-corrected chi connectivity index (χ0v) is 9.23. The van der Waals surface area contributed by atoms with Gasteiger partial charge < -0.3 is 10.2 Å². The van der Waals surface area contributed by atoms with Gasteiger partial charge in [-0.05, 0) is 26.0 Å². The Bertz CT molecular complexity index is 310. The molecule has 0 aliphatic rings. The quantitative estimate of drug-likeness (QED) is 0.456. The average molecular weight is 208 g/mol. The van der Waals surface area contributed by atoms with Crippen LogP contribution in [0.15, 0.2) is 30.7 Å². The highest BCUT2D eigenvalue weighted by Gasteiger charge is 2.03. The van der Waals surface area contributed by atoms with E-state index in [0.717, 1.165) is 5.56 Å². The largest absolute Gasteiger partial charge is 0.386 e. The van der Waals surface area contributed by atoms with Crippen LogP contribution in [0.4, 0.5) is 0 Å². The Morgan fingerprint density at radius 2 is 2.33 bits per heavy atom. The van der Waals surface area contributed by atoms with Gasteiger partial charge in [0.25, 0.3) is 0 Å². The molecule has 0 aliphatic heterocycles. The minimum atomic E-state index is 0.345. The molecule has 0 aliphatic carbocycles. The Kier molecular flexibility index (Phi) is 4.63. The highest BCUT2D eigenvalue weighted by Crippen LogP contribution is 2.13. The Morgan fingerprint density at radius 1 is 1.53 bits per heavy atom. The minimum absolute atomic E-state index is 0.345. The van der Waals surface area contributed by atoms with Crippen LogP contribution in [0.2, 0.25) is 0 Å². The van der Waals surface area contributed by atoms with Crippen LogP contribution < -0.4 is 5.32 Å². The van der Waals surface area contributed by atoms with Crippen molar-refractivity contribution < 1.29 is 9.78 Å². The van der Waals surface area contributed by atoms with Gasteiger partial charge in [-0.2, -0.15) is 4.89 Å². The molecule has 0 fully saturated rings. The van der Waals surface area contributed by atoms with E-state index in [-0.39, 0.29) is 0 Å². The lowest BCUT2D eigenvalue weighted by Crippen LogP contribution is -2.16. The van der Waals surface area contributed by atoms with Crippen LogP contribution in [0.5, 0.6) is 0 Å². The van der Waals surface area contributed by atoms with Gasteiger partial charge in [0.1, 0.15) is 0 Å². The molecule has 82 valence electrons. The molecule has 0 atom stereocenters. The lowest BCUT2D eigenvalue weighted by molar-refractivity contribution is -0.208. The summed E-state index contributed by atoms with van der Waals surface area (Å²) in [4.78, 5) is 13.7. The molecule has 0 unspecified atom stereocenters. The zero-order chi connectivity index (χ0) is 11.1. The van der Waals surface area contributed by atoms with Gasteiger partial charge in [0, 0.05) is 30.2 Å². The maximum absolute atomic E-state index is 5.04. The van der Waals surface area contributed by atoms with Crippen molar-refractivity contribution in [2.75, 3.05) is 7.11 Å². The molecule has 15 heavy (non-hydrogen) atoms. The number of hydrogen-bond acceptors (Lipinski definition) is 4. The van der Waals surface area contributed by atoms with Crippen molar-refractivity contribution in [1.82, 2.24) is 10.3 Å². The van der Waals surface area contributed by atoms with E-state index in [2.05, 4.69) is 15.2 Å². The van der Waals surface area contributed by atoms with E-state index in [4.69, 9.17) is 4.89 Å². The van der Waals surface area contributed by atoms with Gasteiger partial charge in [-0.1, -0.05) is 0 Å². The molecule has 1 aromatic rings. The van der Waals surface area contributed by atoms with E-state index >= 15 is 0 Å². The zero-order valence-electron chi connectivity index (χ0n) is 9.23. The van der Waals surface area contributed by atoms with Gasteiger partial charge in [0.05, 0.1) is 7.11 Å². The number of hydrogen-bond donors (Lipinski definition) is 1. The SMILES string of the molecule is COO/C(=C/NC(C)C)c1cccnc1. The molecule has 0 saturated heterocycles. The van der Waals surface area contributed by atoms with Crippen LogP contribution in [0, 0.1) is 0 Å². The molecule has 1 rings (SSSR count). The molecular weight excluding hydrogens is 192 g/mol. The van der Waals surface area contributed by atoms with E-state index in [1.165, 1.54) is 7.11 Å². The summed E-state index contributed by atoms with van der Waals surface area (Å²) in [6, 6.07) is 4.09. The maximum Gasteiger partial charge on any atom is 0.189 e. The van der Waals surface area contributed by atoms with Crippen molar-refractivity contribution >= 4 is 5.76 Å². The molecule has 0 saturated carbocycles. The van der Waals surface area contributed by atoms with Gasteiger partial charge in [-0.3, -0.25) is 4.98 Å². The van der Waals surface area contributed by atoms with Crippen LogP contribution in [0.25, 0.3) is 5.76 Å². The summed E-state index contributed by atoms with van der Waals surface area (Å²) in [6.07, 6.45) is 5.20. The molecule has 0 amide bonds. The lowest BCUT2D eigenvalue weighted by atomic mass is 10.2. The third-order valence-corrected chi connectivity index (χ3v) is 1.67. The van der Waals surface area contributed by atoms with E-state index in [1.807, 2.05) is 26.0 Å². The first-order chi connectivity index (χ1) is 7.24. The van der Waals surface area contributed by atoms with Crippen LogP contribution in [0.1, 0.15) is 19.4 Å². The highest BCUT2D eigenvalue weighted by atomic mass is 17.2. The molecule has 0 radical (unpaired) electrons. The number of nitrogens with zero attached hydrogens (tertiary/aromatic N) is 1. The first-order valence-electron chi connectivity index (χ1n) is 4.81. The summed E-state index contributed by atoms with van der Waals surface area (Å²) < 4.78 is 0. The Morgan fingerprint density at radius 3 is 2.87 bits per heavy atom.